The predicted molar refractivity (Wildman–Crippen MR) is 165 cm³/mol. The third kappa shape index (κ3) is 5.26. The van der Waals surface area contributed by atoms with Gasteiger partial charge in [-0.2, -0.15) is 5.21 Å². The first-order chi connectivity index (χ1) is 20.5. The zero-order valence-corrected chi connectivity index (χ0v) is 25.9. The molecule has 2 aliphatic carbocycles. The highest BCUT2D eigenvalue weighted by atomic mass is 16.2. The number of benzene rings is 1. The van der Waals surface area contributed by atoms with Crippen LogP contribution in [0.3, 0.4) is 0 Å². The number of H-pyrrole nitrogens is 1. The summed E-state index contributed by atoms with van der Waals surface area (Å²) in [6.45, 7) is 8.32. The van der Waals surface area contributed by atoms with Gasteiger partial charge in [-0.15, -0.1) is 10.2 Å². The van der Waals surface area contributed by atoms with Gasteiger partial charge in [0.05, 0.1) is 6.04 Å². The van der Waals surface area contributed by atoms with E-state index in [1.807, 2.05) is 4.90 Å². The lowest BCUT2D eigenvalue weighted by atomic mass is 9.75. The van der Waals surface area contributed by atoms with E-state index >= 15 is 0 Å². The SMILES string of the molecule is CC1CC(C)C2CCC1CC(N1C3CCC(C)C1CC(N(C(=O)N1CCCC1c1nn[nH]n1)c1ccccc1)CC3)C2. The summed E-state index contributed by atoms with van der Waals surface area (Å²) >= 11 is 0. The monoisotopic (exact) mass is 573 g/mol. The first kappa shape index (κ1) is 28.3. The number of anilines is 1. The Morgan fingerprint density at radius 3 is 2.29 bits per heavy atom. The maximum Gasteiger partial charge on any atom is 0.325 e. The van der Waals surface area contributed by atoms with Crippen molar-refractivity contribution in [3.63, 3.8) is 0 Å². The van der Waals surface area contributed by atoms with Gasteiger partial charge in [0.25, 0.3) is 0 Å². The molecule has 228 valence electrons. The van der Waals surface area contributed by atoms with Crippen molar-refractivity contribution in [3.05, 3.63) is 36.2 Å². The summed E-state index contributed by atoms with van der Waals surface area (Å²) in [5, 5.41) is 15.0. The molecule has 5 fully saturated rings. The molecule has 8 heteroatoms. The van der Waals surface area contributed by atoms with Crippen LogP contribution < -0.4 is 4.90 Å². The summed E-state index contributed by atoms with van der Waals surface area (Å²) < 4.78 is 0. The molecule has 2 amide bonds. The van der Waals surface area contributed by atoms with E-state index in [4.69, 9.17) is 0 Å². The number of hydrogen-bond acceptors (Lipinski definition) is 5. The first-order valence-electron chi connectivity index (χ1n) is 17.1. The third-order valence-electron chi connectivity index (χ3n) is 12.4. The number of urea groups is 1. The summed E-state index contributed by atoms with van der Waals surface area (Å²) in [7, 11) is 0. The molecular weight excluding hydrogens is 522 g/mol. The maximum atomic E-state index is 14.6. The van der Waals surface area contributed by atoms with E-state index in [-0.39, 0.29) is 18.1 Å². The summed E-state index contributed by atoms with van der Waals surface area (Å²) in [4.78, 5) is 21.9. The number of piperidine rings is 1. The third-order valence-corrected chi connectivity index (χ3v) is 12.4. The van der Waals surface area contributed by atoms with Gasteiger partial charge in [-0.3, -0.25) is 9.80 Å². The van der Waals surface area contributed by atoms with Crippen molar-refractivity contribution in [2.24, 2.45) is 29.6 Å². The van der Waals surface area contributed by atoms with Gasteiger partial charge in [-0.1, -0.05) is 44.2 Å². The molecule has 1 aromatic carbocycles. The number of carbonyl (C=O) groups is 1. The minimum atomic E-state index is -0.114. The lowest BCUT2D eigenvalue weighted by Gasteiger charge is -2.51. The Kier molecular flexibility index (Phi) is 8.01. The Bertz CT molecular complexity index is 1170. The average molecular weight is 574 g/mol. The van der Waals surface area contributed by atoms with Crippen molar-refractivity contribution < 1.29 is 4.79 Å². The normalized spacial score (nSPS) is 39.0. The Hall–Kier alpha value is -2.48. The van der Waals surface area contributed by atoms with Gasteiger partial charge in [0.2, 0.25) is 0 Å². The maximum absolute atomic E-state index is 14.6. The van der Waals surface area contributed by atoms with Crippen LogP contribution >= 0.6 is 0 Å². The fourth-order valence-corrected chi connectivity index (χ4v) is 10.1. The minimum absolute atomic E-state index is 0.112. The molecule has 1 aromatic heterocycles. The number of aromatic nitrogens is 4. The van der Waals surface area contributed by atoms with Gasteiger partial charge in [-0.05, 0) is 119 Å². The Morgan fingerprint density at radius 1 is 0.833 bits per heavy atom. The fraction of sp³-hybridized carbons (Fsp3) is 0.765. The number of likely N-dealkylation sites (tertiary alicyclic amines) is 1. The smallest absolute Gasteiger partial charge is 0.314 e. The molecule has 42 heavy (non-hydrogen) atoms. The zero-order chi connectivity index (χ0) is 28.8. The molecule has 4 heterocycles. The van der Waals surface area contributed by atoms with E-state index in [1.165, 1.54) is 51.4 Å². The second kappa shape index (κ2) is 11.9. The topological polar surface area (TPSA) is 81.2 Å². The largest absolute Gasteiger partial charge is 0.325 e. The summed E-state index contributed by atoms with van der Waals surface area (Å²) in [6.07, 6.45) is 14.9. The molecule has 4 bridgehead atoms. The molecule has 1 N–H and O–H groups in total. The van der Waals surface area contributed by atoms with Crippen LogP contribution in [0.4, 0.5) is 10.5 Å². The highest BCUT2D eigenvalue weighted by Crippen LogP contribution is 2.48. The van der Waals surface area contributed by atoms with Gasteiger partial charge < -0.3 is 4.90 Å². The summed E-state index contributed by atoms with van der Waals surface area (Å²) in [6, 6.07) is 12.5. The van der Waals surface area contributed by atoms with Crippen LogP contribution in [0, 0.1) is 29.6 Å². The van der Waals surface area contributed by atoms with E-state index in [0.717, 1.165) is 61.6 Å². The van der Waals surface area contributed by atoms with E-state index in [2.05, 4.69) is 81.5 Å². The number of aromatic amines is 1. The lowest BCUT2D eigenvalue weighted by molar-refractivity contribution is -0.0143. The molecule has 3 saturated heterocycles. The molecular formula is C34H51N7O. The van der Waals surface area contributed by atoms with E-state index in [9.17, 15) is 4.79 Å². The molecule has 9 unspecified atom stereocenters. The quantitative estimate of drug-likeness (QED) is 0.433. The Morgan fingerprint density at radius 2 is 1.57 bits per heavy atom. The molecule has 7 rings (SSSR count). The number of carbonyl (C=O) groups excluding carboxylic acids is 1. The molecule has 3 aliphatic heterocycles. The standard InChI is InChI=1S/C34H51N7O/c1-22-11-14-28-15-16-29(21-32(22)40(28)30-19-25-12-13-26(20-30)24(3)18-23(25)2)41(27-8-5-4-6-9-27)34(42)39-17-7-10-31(39)33-35-37-38-36-33/h4-6,8-9,22-26,28-32H,7,10-21H2,1-3H3,(H,35,36,37,38). The first-order valence-corrected chi connectivity index (χ1v) is 17.1. The molecule has 0 spiro atoms. The van der Waals surface area contributed by atoms with Crippen LogP contribution in [0.15, 0.2) is 30.3 Å². The molecule has 5 aliphatic rings. The van der Waals surface area contributed by atoms with Gasteiger partial charge in [0, 0.05) is 36.4 Å². The number of rotatable bonds is 4. The highest BCUT2D eigenvalue weighted by Gasteiger charge is 2.48. The number of para-hydroxylation sites is 1. The van der Waals surface area contributed by atoms with Crippen molar-refractivity contribution in [3.8, 4) is 0 Å². The van der Waals surface area contributed by atoms with Crippen LogP contribution in [0.1, 0.15) is 110 Å². The minimum Gasteiger partial charge on any atom is -0.314 e. The Balaban J connectivity index is 1.19. The second-order valence-corrected chi connectivity index (χ2v) is 14.7. The predicted octanol–water partition coefficient (Wildman–Crippen LogP) is 6.84. The lowest BCUT2D eigenvalue weighted by Crippen LogP contribution is -2.56. The van der Waals surface area contributed by atoms with Gasteiger partial charge in [0.1, 0.15) is 0 Å². The van der Waals surface area contributed by atoms with Crippen LogP contribution in [-0.2, 0) is 0 Å². The highest BCUT2D eigenvalue weighted by molar-refractivity contribution is 5.93. The van der Waals surface area contributed by atoms with Crippen molar-refractivity contribution in [2.75, 3.05) is 11.4 Å². The number of hydrogen-bond donors (Lipinski definition) is 1. The molecule has 9 atom stereocenters. The van der Waals surface area contributed by atoms with Gasteiger partial charge >= 0.3 is 6.03 Å². The fourth-order valence-electron chi connectivity index (χ4n) is 10.1. The molecule has 8 nitrogen and oxygen atoms in total. The van der Waals surface area contributed by atoms with Crippen molar-refractivity contribution in [1.82, 2.24) is 30.4 Å². The summed E-state index contributed by atoms with van der Waals surface area (Å²) in [5.74, 6) is 4.74. The van der Waals surface area contributed by atoms with Crippen molar-refractivity contribution in [1.29, 1.82) is 0 Å². The van der Waals surface area contributed by atoms with Crippen LogP contribution in [0.2, 0.25) is 0 Å². The van der Waals surface area contributed by atoms with E-state index in [1.54, 1.807) is 0 Å². The van der Waals surface area contributed by atoms with Crippen LogP contribution in [-0.4, -0.2) is 67.2 Å². The number of nitrogens with one attached hydrogen (secondary N) is 1. The molecule has 0 radical (unpaired) electrons. The van der Waals surface area contributed by atoms with Crippen LogP contribution in [0.5, 0.6) is 0 Å². The second-order valence-electron chi connectivity index (χ2n) is 14.7. The van der Waals surface area contributed by atoms with E-state index < -0.39 is 0 Å². The number of amides is 2. The number of nitrogens with zero attached hydrogens (tertiary/aromatic N) is 6. The average Bonchev–Trinajstić information content (AvgIpc) is 3.60. The van der Waals surface area contributed by atoms with E-state index in [0.29, 0.717) is 29.9 Å². The van der Waals surface area contributed by atoms with Crippen molar-refractivity contribution in [2.45, 2.75) is 128 Å². The van der Waals surface area contributed by atoms with Crippen LogP contribution in [0.25, 0.3) is 0 Å². The zero-order valence-electron chi connectivity index (χ0n) is 25.9. The van der Waals surface area contributed by atoms with Gasteiger partial charge in [0.15, 0.2) is 5.82 Å². The molecule has 2 saturated carbocycles. The van der Waals surface area contributed by atoms with Gasteiger partial charge in [-0.25, -0.2) is 4.79 Å². The number of tetrazole rings is 1. The summed E-state index contributed by atoms with van der Waals surface area (Å²) in [5.41, 5.74) is 1.02. The number of fused-ring (bicyclic) bond motifs is 5. The molecule has 2 aromatic rings. The Labute approximate surface area is 252 Å². The van der Waals surface area contributed by atoms with Crippen molar-refractivity contribution >= 4 is 11.7 Å².